The van der Waals surface area contributed by atoms with Crippen LogP contribution in [0.4, 0.5) is 10.1 Å². The summed E-state index contributed by atoms with van der Waals surface area (Å²) in [6.07, 6.45) is 2.01. The van der Waals surface area contributed by atoms with Gasteiger partial charge in [-0.2, -0.15) is 5.26 Å². The summed E-state index contributed by atoms with van der Waals surface area (Å²) >= 11 is 6.06. The summed E-state index contributed by atoms with van der Waals surface area (Å²) in [5, 5.41) is 12.5. The number of benzene rings is 3. The molecule has 0 spiro atoms. The number of carbonyl (C=O) groups is 1. The summed E-state index contributed by atoms with van der Waals surface area (Å²) < 4.78 is 13.5. The molecular formula is C23H16ClFN2O. The molecule has 0 saturated heterocycles. The predicted molar refractivity (Wildman–Crippen MR) is 109 cm³/mol. The van der Waals surface area contributed by atoms with Crippen LogP contribution in [-0.2, 0) is 11.2 Å². The second-order valence-corrected chi connectivity index (χ2v) is 6.52. The molecule has 1 amide bonds. The molecule has 0 aliphatic rings. The number of hydrogen-bond acceptors (Lipinski definition) is 2. The molecule has 0 fully saturated rings. The van der Waals surface area contributed by atoms with Crippen molar-refractivity contribution in [3.05, 3.63) is 106 Å². The Morgan fingerprint density at radius 1 is 1.07 bits per heavy atom. The highest BCUT2D eigenvalue weighted by Gasteiger charge is 2.12. The van der Waals surface area contributed by atoms with Crippen LogP contribution in [-0.4, -0.2) is 5.91 Å². The largest absolute Gasteiger partial charge is 0.320 e. The monoisotopic (exact) mass is 390 g/mol. The van der Waals surface area contributed by atoms with Crippen molar-refractivity contribution in [2.24, 2.45) is 0 Å². The Balaban J connectivity index is 1.87. The van der Waals surface area contributed by atoms with E-state index in [4.69, 9.17) is 11.6 Å². The van der Waals surface area contributed by atoms with Crippen molar-refractivity contribution < 1.29 is 9.18 Å². The summed E-state index contributed by atoms with van der Waals surface area (Å²) in [6, 6.07) is 22.5. The molecule has 0 heterocycles. The van der Waals surface area contributed by atoms with Crippen LogP contribution in [0, 0.1) is 17.1 Å². The standard InChI is InChI=1S/C23H16ClFN2O/c24-21-10-3-4-11-22(21)27-23(28)19(15-26)14-18-8-2-1-7-17(18)12-16-6-5-9-20(25)13-16/h1-11,13-14H,12H2,(H,27,28)/b19-14+. The molecule has 0 aromatic heterocycles. The Morgan fingerprint density at radius 3 is 2.57 bits per heavy atom. The number of para-hydroxylation sites is 1. The first-order valence-corrected chi connectivity index (χ1v) is 8.94. The Hall–Kier alpha value is -3.42. The van der Waals surface area contributed by atoms with E-state index in [1.54, 1.807) is 30.3 Å². The third kappa shape index (κ3) is 4.85. The average molecular weight is 391 g/mol. The van der Waals surface area contributed by atoms with E-state index in [-0.39, 0.29) is 11.4 Å². The summed E-state index contributed by atoms with van der Waals surface area (Å²) in [5.74, 6) is -0.849. The quantitative estimate of drug-likeness (QED) is 0.454. The van der Waals surface area contributed by atoms with E-state index in [1.165, 1.54) is 18.2 Å². The van der Waals surface area contributed by atoms with Gasteiger partial charge in [0.25, 0.3) is 5.91 Å². The van der Waals surface area contributed by atoms with Crippen molar-refractivity contribution in [1.29, 1.82) is 5.26 Å². The minimum atomic E-state index is -0.545. The van der Waals surface area contributed by atoms with Gasteiger partial charge in [-0.25, -0.2) is 4.39 Å². The number of rotatable bonds is 5. The number of carbonyl (C=O) groups excluding carboxylic acids is 1. The second-order valence-electron chi connectivity index (χ2n) is 6.11. The third-order valence-electron chi connectivity index (χ3n) is 4.13. The number of nitrogens with one attached hydrogen (secondary N) is 1. The molecule has 3 rings (SSSR count). The minimum absolute atomic E-state index is 0.0494. The van der Waals surface area contributed by atoms with Gasteiger partial charge in [0.2, 0.25) is 0 Å². The van der Waals surface area contributed by atoms with Gasteiger partial charge in [0.15, 0.2) is 0 Å². The van der Waals surface area contributed by atoms with Crippen LogP contribution in [0.5, 0.6) is 0 Å². The van der Waals surface area contributed by atoms with Crippen LogP contribution >= 0.6 is 11.6 Å². The number of hydrogen-bond donors (Lipinski definition) is 1. The Kier molecular flexibility index (Phi) is 6.21. The molecule has 1 N–H and O–H groups in total. The first kappa shape index (κ1) is 19.3. The fourth-order valence-corrected chi connectivity index (χ4v) is 2.94. The maximum atomic E-state index is 13.5. The zero-order chi connectivity index (χ0) is 19.9. The van der Waals surface area contributed by atoms with Crippen molar-refractivity contribution >= 4 is 29.3 Å². The van der Waals surface area contributed by atoms with Gasteiger partial charge in [0.1, 0.15) is 17.5 Å². The average Bonchev–Trinajstić information content (AvgIpc) is 2.69. The van der Waals surface area contributed by atoms with Crippen molar-refractivity contribution in [1.82, 2.24) is 0 Å². The molecule has 3 aromatic rings. The lowest BCUT2D eigenvalue weighted by molar-refractivity contribution is -0.112. The number of halogens is 2. The normalized spacial score (nSPS) is 11.0. The number of anilines is 1. The van der Waals surface area contributed by atoms with Crippen molar-refractivity contribution in [2.45, 2.75) is 6.42 Å². The second kappa shape index (κ2) is 8.98. The molecule has 0 radical (unpaired) electrons. The van der Waals surface area contributed by atoms with Crippen LogP contribution in [0.15, 0.2) is 78.4 Å². The SMILES string of the molecule is N#C/C(=C\c1ccccc1Cc1cccc(F)c1)C(=O)Nc1ccccc1Cl. The van der Waals surface area contributed by atoms with Gasteiger partial charge in [0.05, 0.1) is 10.7 Å². The number of nitriles is 1. The number of nitrogens with zero attached hydrogens (tertiary/aromatic N) is 1. The molecular weight excluding hydrogens is 375 g/mol. The zero-order valence-electron chi connectivity index (χ0n) is 14.8. The molecule has 0 bridgehead atoms. The summed E-state index contributed by atoms with van der Waals surface area (Å²) in [7, 11) is 0. The highest BCUT2D eigenvalue weighted by molar-refractivity contribution is 6.34. The Morgan fingerprint density at radius 2 is 1.82 bits per heavy atom. The van der Waals surface area contributed by atoms with Gasteiger partial charge < -0.3 is 5.32 Å². The molecule has 5 heteroatoms. The highest BCUT2D eigenvalue weighted by atomic mass is 35.5. The van der Waals surface area contributed by atoms with Gasteiger partial charge in [-0.3, -0.25) is 4.79 Å². The van der Waals surface area contributed by atoms with Crippen molar-refractivity contribution in [3.63, 3.8) is 0 Å². The molecule has 3 nitrogen and oxygen atoms in total. The van der Waals surface area contributed by atoms with E-state index in [1.807, 2.05) is 36.4 Å². The molecule has 0 atom stereocenters. The lowest BCUT2D eigenvalue weighted by Crippen LogP contribution is -2.13. The van der Waals surface area contributed by atoms with E-state index in [2.05, 4.69) is 5.32 Å². The van der Waals surface area contributed by atoms with Gasteiger partial charge in [-0.1, -0.05) is 60.1 Å². The van der Waals surface area contributed by atoms with Gasteiger partial charge in [0, 0.05) is 0 Å². The highest BCUT2D eigenvalue weighted by Crippen LogP contribution is 2.22. The molecule has 0 aliphatic heterocycles. The maximum absolute atomic E-state index is 13.5. The van der Waals surface area contributed by atoms with E-state index in [0.29, 0.717) is 17.1 Å². The molecule has 0 unspecified atom stereocenters. The maximum Gasteiger partial charge on any atom is 0.266 e. The van der Waals surface area contributed by atoms with E-state index in [9.17, 15) is 14.4 Å². The summed E-state index contributed by atoms with van der Waals surface area (Å²) in [5.41, 5.74) is 2.79. The van der Waals surface area contributed by atoms with Gasteiger partial charge in [-0.15, -0.1) is 0 Å². The summed E-state index contributed by atoms with van der Waals surface area (Å²) in [6.45, 7) is 0. The van der Waals surface area contributed by atoms with Gasteiger partial charge in [-0.05, 0) is 53.5 Å². The lowest BCUT2D eigenvalue weighted by atomic mass is 9.98. The first-order valence-electron chi connectivity index (χ1n) is 8.57. The molecule has 3 aromatic carbocycles. The number of amides is 1. The Bertz CT molecular complexity index is 1090. The summed E-state index contributed by atoms with van der Waals surface area (Å²) in [4.78, 5) is 12.5. The molecule has 0 saturated carbocycles. The van der Waals surface area contributed by atoms with Crippen LogP contribution in [0.1, 0.15) is 16.7 Å². The Labute approximate surface area is 167 Å². The lowest BCUT2D eigenvalue weighted by Gasteiger charge is -2.09. The van der Waals surface area contributed by atoms with Crippen LogP contribution in [0.25, 0.3) is 6.08 Å². The smallest absolute Gasteiger partial charge is 0.266 e. The van der Waals surface area contributed by atoms with Crippen LogP contribution in [0.3, 0.4) is 0 Å². The molecule has 0 aliphatic carbocycles. The molecule has 28 heavy (non-hydrogen) atoms. The first-order chi connectivity index (χ1) is 13.6. The third-order valence-corrected chi connectivity index (χ3v) is 4.46. The fourth-order valence-electron chi connectivity index (χ4n) is 2.76. The van der Waals surface area contributed by atoms with Crippen LogP contribution in [0.2, 0.25) is 5.02 Å². The molecule has 138 valence electrons. The van der Waals surface area contributed by atoms with Crippen LogP contribution < -0.4 is 5.32 Å². The van der Waals surface area contributed by atoms with E-state index in [0.717, 1.165) is 16.7 Å². The van der Waals surface area contributed by atoms with Crippen molar-refractivity contribution in [2.75, 3.05) is 5.32 Å². The minimum Gasteiger partial charge on any atom is -0.320 e. The fraction of sp³-hybridized carbons (Fsp3) is 0.0435. The van der Waals surface area contributed by atoms with E-state index < -0.39 is 5.91 Å². The van der Waals surface area contributed by atoms with E-state index >= 15 is 0 Å². The van der Waals surface area contributed by atoms with Crippen molar-refractivity contribution in [3.8, 4) is 6.07 Å². The predicted octanol–water partition coefficient (Wildman–Crippen LogP) is 5.62. The zero-order valence-corrected chi connectivity index (χ0v) is 15.6. The van der Waals surface area contributed by atoms with Gasteiger partial charge >= 0.3 is 0 Å². The topological polar surface area (TPSA) is 52.9 Å².